The molecule has 2 unspecified atom stereocenters. The molecule has 0 heterocycles. The van der Waals surface area contributed by atoms with E-state index in [0.717, 1.165) is 24.3 Å². The lowest BCUT2D eigenvalue weighted by atomic mass is 9.80. The van der Waals surface area contributed by atoms with Crippen LogP contribution in [-0.2, 0) is 0 Å². The normalized spacial score (nSPS) is 26.8. The van der Waals surface area contributed by atoms with Gasteiger partial charge in [-0.1, -0.05) is 26.2 Å². The lowest BCUT2D eigenvalue weighted by Gasteiger charge is -2.30. The largest absolute Gasteiger partial charge is 0.356 e. The van der Waals surface area contributed by atoms with Crippen LogP contribution in [0, 0.1) is 11.8 Å². The summed E-state index contributed by atoms with van der Waals surface area (Å²) in [5, 5.41) is 6.86. The Hall–Kier alpha value is -0.730. The molecule has 1 aliphatic carbocycles. The highest BCUT2D eigenvalue weighted by Gasteiger charge is 2.21. The van der Waals surface area contributed by atoms with E-state index >= 15 is 0 Å². The second-order valence-electron chi connectivity index (χ2n) is 6.35. The SMILES string of the molecule is CN=C(NCC1CCCCC1C)NC(C)(C)C. The van der Waals surface area contributed by atoms with Crippen LogP contribution in [0.1, 0.15) is 53.4 Å². The number of hydrogen-bond acceptors (Lipinski definition) is 1. The fraction of sp³-hybridized carbons (Fsp3) is 0.929. The summed E-state index contributed by atoms with van der Waals surface area (Å²) in [6.07, 6.45) is 5.55. The first kappa shape index (κ1) is 14.3. The van der Waals surface area contributed by atoms with Crippen molar-refractivity contribution < 1.29 is 0 Å². The number of aliphatic imine (C=N–C) groups is 1. The molecule has 1 fully saturated rings. The zero-order valence-corrected chi connectivity index (χ0v) is 12.1. The minimum absolute atomic E-state index is 0.0695. The molecule has 1 saturated carbocycles. The van der Waals surface area contributed by atoms with Crippen molar-refractivity contribution in [2.24, 2.45) is 16.8 Å². The van der Waals surface area contributed by atoms with Gasteiger partial charge in [0.15, 0.2) is 5.96 Å². The molecule has 1 rings (SSSR count). The van der Waals surface area contributed by atoms with E-state index < -0.39 is 0 Å². The zero-order valence-electron chi connectivity index (χ0n) is 12.1. The van der Waals surface area contributed by atoms with E-state index in [1.807, 2.05) is 7.05 Å². The van der Waals surface area contributed by atoms with Gasteiger partial charge in [0, 0.05) is 19.1 Å². The number of nitrogens with one attached hydrogen (secondary N) is 2. The molecule has 0 aliphatic heterocycles. The van der Waals surface area contributed by atoms with Crippen molar-refractivity contribution in [1.82, 2.24) is 10.6 Å². The van der Waals surface area contributed by atoms with Crippen LogP contribution in [0.2, 0.25) is 0 Å². The second kappa shape index (κ2) is 6.27. The zero-order chi connectivity index (χ0) is 12.9. The first-order chi connectivity index (χ1) is 7.92. The van der Waals surface area contributed by atoms with Crippen LogP contribution >= 0.6 is 0 Å². The summed E-state index contributed by atoms with van der Waals surface area (Å²) in [6.45, 7) is 9.90. The van der Waals surface area contributed by atoms with Crippen molar-refractivity contribution in [3.05, 3.63) is 0 Å². The highest BCUT2D eigenvalue weighted by Crippen LogP contribution is 2.28. The topological polar surface area (TPSA) is 36.4 Å². The van der Waals surface area contributed by atoms with Gasteiger partial charge in [-0.25, -0.2) is 0 Å². The molecule has 0 saturated heterocycles. The van der Waals surface area contributed by atoms with E-state index in [0.29, 0.717) is 0 Å². The maximum atomic E-state index is 4.28. The first-order valence-electron chi connectivity index (χ1n) is 6.91. The van der Waals surface area contributed by atoms with Crippen LogP contribution in [0.25, 0.3) is 0 Å². The number of guanidine groups is 1. The Labute approximate surface area is 106 Å². The number of hydrogen-bond donors (Lipinski definition) is 2. The van der Waals surface area contributed by atoms with Crippen LogP contribution in [0.5, 0.6) is 0 Å². The molecule has 0 aromatic rings. The third kappa shape index (κ3) is 5.42. The summed E-state index contributed by atoms with van der Waals surface area (Å²) >= 11 is 0. The lowest BCUT2D eigenvalue weighted by molar-refractivity contribution is 0.255. The van der Waals surface area contributed by atoms with Gasteiger partial charge in [0.2, 0.25) is 0 Å². The summed E-state index contributed by atoms with van der Waals surface area (Å²) in [7, 11) is 1.84. The molecule has 3 nitrogen and oxygen atoms in total. The monoisotopic (exact) mass is 239 g/mol. The van der Waals surface area contributed by atoms with Crippen LogP contribution in [0.4, 0.5) is 0 Å². The molecule has 0 bridgehead atoms. The average molecular weight is 239 g/mol. The van der Waals surface area contributed by atoms with Gasteiger partial charge >= 0.3 is 0 Å². The van der Waals surface area contributed by atoms with Crippen molar-refractivity contribution in [1.29, 1.82) is 0 Å². The third-order valence-electron chi connectivity index (χ3n) is 3.54. The highest BCUT2D eigenvalue weighted by atomic mass is 15.2. The molecule has 0 amide bonds. The fourth-order valence-electron chi connectivity index (χ4n) is 2.46. The first-order valence-corrected chi connectivity index (χ1v) is 6.91. The minimum atomic E-state index is 0.0695. The molecule has 0 spiro atoms. The molecular formula is C14H29N3. The van der Waals surface area contributed by atoms with Crippen molar-refractivity contribution in [2.75, 3.05) is 13.6 Å². The van der Waals surface area contributed by atoms with Gasteiger partial charge < -0.3 is 10.6 Å². The lowest BCUT2D eigenvalue weighted by Crippen LogP contribution is -2.49. The van der Waals surface area contributed by atoms with E-state index in [1.54, 1.807) is 0 Å². The Morgan fingerprint density at radius 2 is 1.88 bits per heavy atom. The van der Waals surface area contributed by atoms with Gasteiger partial charge in [-0.05, 0) is 39.0 Å². The number of rotatable bonds is 2. The van der Waals surface area contributed by atoms with E-state index in [-0.39, 0.29) is 5.54 Å². The number of nitrogens with zero attached hydrogens (tertiary/aromatic N) is 1. The summed E-state index contributed by atoms with van der Waals surface area (Å²) in [4.78, 5) is 4.28. The van der Waals surface area contributed by atoms with Gasteiger partial charge in [0.05, 0.1) is 0 Å². The predicted octanol–water partition coefficient (Wildman–Crippen LogP) is 2.78. The molecule has 2 N–H and O–H groups in total. The second-order valence-corrected chi connectivity index (χ2v) is 6.35. The maximum Gasteiger partial charge on any atom is 0.191 e. The molecule has 2 atom stereocenters. The fourth-order valence-corrected chi connectivity index (χ4v) is 2.46. The Morgan fingerprint density at radius 3 is 2.41 bits per heavy atom. The van der Waals surface area contributed by atoms with Crippen molar-refractivity contribution in [2.45, 2.75) is 58.9 Å². The maximum absolute atomic E-state index is 4.28. The molecule has 0 aromatic heterocycles. The molecule has 1 aliphatic rings. The Balaban J connectivity index is 2.37. The Kier molecular flexibility index (Phi) is 5.29. The summed E-state index contributed by atoms with van der Waals surface area (Å²) in [5.41, 5.74) is 0.0695. The van der Waals surface area contributed by atoms with Crippen LogP contribution in [0.15, 0.2) is 4.99 Å². The van der Waals surface area contributed by atoms with E-state index in [4.69, 9.17) is 0 Å². The van der Waals surface area contributed by atoms with Gasteiger partial charge in [-0.2, -0.15) is 0 Å². The van der Waals surface area contributed by atoms with Gasteiger partial charge in [-0.3, -0.25) is 4.99 Å². The molecule has 17 heavy (non-hydrogen) atoms. The van der Waals surface area contributed by atoms with Gasteiger partial charge in [0.1, 0.15) is 0 Å². The van der Waals surface area contributed by atoms with Crippen molar-refractivity contribution >= 4 is 5.96 Å². The third-order valence-corrected chi connectivity index (χ3v) is 3.54. The van der Waals surface area contributed by atoms with Gasteiger partial charge in [-0.15, -0.1) is 0 Å². The molecule has 0 radical (unpaired) electrons. The molecule has 3 heteroatoms. The standard InChI is InChI=1S/C14H29N3/c1-11-8-6-7-9-12(11)10-16-13(15-5)17-14(2,3)4/h11-12H,6-10H2,1-5H3,(H2,15,16,17). The van der Waals surface area contributed by atoms with Crippen LogP contribution in [0.3, 0.4) is 0 Å². The smallest absolute Gasteiger partial charge is 0.191 e. The summed E-state index contributed by atoms with van der Waals surface area (Å²) < 4.78 is 0. The highest BCUT2D eigenvalue weighted by molar-refractivity contribution is 5.80. The van der Waals surface area contributed by atoms with Gasteiger partial charge in [0.25, 0.3) is 0 Å². The Morgan fingerprint density at radius 1 is 1.24 bits per heavy atom. The summed E-state index contributed by atoms with van der Waals surface area (Å²) in [5.74, 6) is 2.58. The van der Waals surface area contributed by atoms with Crippen molar-refractivity contribution in [3.8, 4) is 0 Å². The minimum Gasteiger partial charge on any atom is -0.356 e. The van der Waals surface area contributed by atoms with E-state index in [9.17, 15) is 0 Å². The van der Waals surface area contributed by atoms with Crippen LogP contribution < -0.4 is 10.6 Å². The molecular weight excluding hydrogens is 210 g/mol. The van der Waals surface area contributed by atoms with E-state index in [1.165, 1.54) is 25.7 Å². The van der Waals surface area contributed by atoms with E-state index in [2.05, 4.69) is 43.3 Å². The predicted molar refractivity (Wildman–Crippen MR) is 75.4 cm³/mol. The molecule has 100 valence electrons. The van der Waals surface area contributed by atoms with Crippen molar-refractivity contribution in [3.63, 3.8) is 0 Å². The van der Waals surface area contributed by atoms with Crippen LogP contribution in [-0.4, -0.2) is 25.1 Å². The Bertz CT molecular complexity index is 253. The molecule has 0 aromatic carbocycles. The quantitative estimate of drug-likeness (QED) is 0.574. The average Bonchev–Trinajstić information content (AvgIpc) is 2.24. The summed E-state index contributed by atoms with van der Waals surface area (Å²) in [6, 6.07) is 0.